The van der Waals surface area contributed by atoms with Crippen LogP contribution in [-0.2, 0) is 21.4 Å². The number of pyridine rings is 1. The number of carbonyl (C=O) groups excluding carboxylic acids is 1. The number of fused-ring (bicyclic) bond motifs is 1. The number of nitrogens with zero attached hydrogens (tertiary/aromatic N) is 2. The number of hydrogen-bond donors (Lipinski definition) is 1. The van der Waals surface area contributed by atoms with Gasteiger partial charge < -0.3 is 14.5 Å². The molecule has 0 atom stereocenters. The molecule has 2 aromatic heterocycles. The Balaban J connectivity index is 1.37. The zero-order chi connectivity index (χ0) is 24.4. The minimum atomic E-state index is -3.45. The maximum absolute atomic E-state index is 12.8. The van der Waals surface area contributed by atoms with E-state index in [2.05, 4.69) is 9.97 Å². The largest absolute Gasteiger partial charge is 0.487 e. The minimum absolute atomic E-state index is 0.257. The van der Waals surface area contributed by atoms with Gasteiger partial charge in [0.1, 0.15) is 18.0 Å². The lowest BCUT2D eigenvalue weighted by atomic mass is 10.0. The number of benzene rings is 2. The van der Waals surface area contributed by atoms with Crippen molar-refractivity contribution in [3.05, 3.63) is 78.1 Å². The van der Waals surface area contributed by atoms with Gasteiger partial charge in [-0.3, -0.25) is 0 Å². The lowest BCUT2D eigenvalue weighted by molar-refractivity contribution is 0.0600. The molecule has 8 nitrogen and oxygen atoms in total. The Morgan fingerprint density at radius 2 is 1.83 bits per heavy atom. The molecule has 0 spiro atoms. The quantitative estimate of drug-likeness (QED) is 0.385. The summed E-state index contributed by atoms with van der Waals surface area (Å²) in [4.78, 5) is 19.7. The van der Waals surface area contributed by atoms with E-state index in [4.69, 9.17) is 9.47 Å². The number of esters is 1. The number of nitrogens with one attached hydrogen (secondary N) is 1. The van der Waals surface area contributed by atoms with Crippen LogP contribution in [0.3, 0.4) is 0 Å². The van der Waals surface area contributed by atoms with Crippen molar-refractivity contribution >= 4 is 27.0 Å². The molecule has 1 saturated heterocycles. The van der Waals surface area contributed by atoms with Crippen molar-refractivity contribution in [3.63, 3.8) is 0 Å². The molecule has 0 amide bonds. The van der Waals surface area contributed by atoms with E-state index < -0.39 is 16.0 Å². The Hall–Kier alpha value is -3.69. The fourth-order valence-electron chi connectivity index (χ4n) is 4.29. The van der Waals surface area contributed by atoms with Crippen LogP contribution in [0.4, 0.5) is 0 Å². The Morgan fingerprint density at radius 1 is 1.06 bits per heavy atom. The predicted octanol–water partition coefficient (Wildman–Crippen LogP) is 4.38. The second kappa shape index (κ2) is 9.52. The molecule has 0 bridgehead atoms. The predicted molar refractivity (Wildman–Crippen MR) is 132 cm³/mol. The maximum Gasteiger partial charge on any atom is 0.337 e. The van der Waals surface area contributed by atoms with Crippen molar-refractivity contribution in [3.8, 4) is 16.9 Å². The highest BCUT2D eigenvalue weighted by atomic mass is 32.2. The first-order valence-corrected chi connectivity index (χ1v) is 12.8. The molecule has 2 aromatic carbocycles. The average Bonchev–Trinajstić information content (AvgIpc) is 3.58. The number of rotatable bonds is 7. The SMILES string of the molecule is COC(=O)c1cccc(OCc2cc3c(-c4ccc(S(=O)(=O)N5CCCC5)cc4)ccnc3[nH]2)c1. The summed E-state index contributed by atoms with van der Waals surface area (Å²) in [7, 11) is -2.11. The summed E-state index contributed by atoms with van der Waals surface area (Å²) in [5, 5.41) is 0.907. The van der Waals surface area contributed by atoms with Gasteiger partial charge in [0, 0.05) is 24.7 Å². The number of H-pyrrole nitrogens is 1. The van der Waals surface area contributed by atoms with Crippen LogP contribution in [0.1, 0.15) is 28.9 Å². The first kappa shape index (κ1) is 23.1. The van der Waals surface area contributed by atoms with Crippen LogP contribution >= 0.6 is 0 Å². The van der Waals surface area contributed by atoms with Crippen LogP contribution in [0.15, 0.2) is 71.8 Å². The van der Waals surface area contributed by atoms with Crippen molar-refractivity contribution in [1.29, 1.82) is 0 Å². The van der Waals surface area contributed by atoms with Crippen molar-refractivity contribution in [2.75, 3.05) is 20.2 Å². The Kier molecular flexibility index (Phi) is 6.27. The molecule has 0 aliphatic carbocycles. The van der Waals surface area contributed by atoms with Gasteiger partial charge in [0.25, 0.3) is 0 Å². The van der Waals surface area contributed by atoms with Gasteiger partial charge in [-0.15, -0.1) is 0 Å². The first-order chi connectivity index (χ1) is 17.0. The summed E-state index contributed by atoms with van der Waals surface area (Å²) in [5.41, 5.74) is 3.78. The monoisotopic (exact) mass is 491 g/mol. The molecule has 1 aliphatic rings. The van der Waals surface area contributed by atoms with E-state index in [0.717, 1.165) is 35.0 Å². The molecule has 4 aromatic rings. The van der Waals surface area contributed by atoms with Crippen LogP contribution in [-0.4, -0.2) is 48.9 Å². The van der Waals surface area contributed by atoms with E-state index in [9.17, 15) is 13.2 Å². The van der Waals surface area contributed by atoms with E-state index in [1.54, 1.807) is 46.9 Å². The molecule has 1 N–H and O–H groups in total. The first-order valence-electron chi connectivity index (χ1n) is 11.3. The van der Waals surface area contributed by atoms with Crippen molar-refractivity contribution in [2.45, 2.75) is 24.3 Å². The van der Waals surface area contributed by atoms with Crippen LogP contribution in [0.5, 0.6) is 5.75 Å². The van der Waals surface area contributed by atoms with Crippen LogP contribution < -0.4 is 4.74 Å². The van der Waals surface area contributed by atoms with E-state index >= 15 is 0 Å². The minimum Gasteiger partial charge on any atom is -0.487 e. The number of hydrogen-bond acceptors (Lipinski definition) is 6. The number of aromatic nitrogens is 2. The molecule has 9 heteroatoms. The molecular weight excluding hydrogens is 466 g/mol. The number of carbonyl (C=O) groups is 1. The van der Waals surface area contributed by atoms with Gasteiger partial charge in [0.15, 0.2) is 0 Å². The standard InChI is InChI=1S/C26H25N3O5S/c1-33-26(30)19-5-4-6-21(15-19)34-17-20-16-24-23(11-12-27-25(24)28-20)18-7-9-22(10-8-18)35(31,32)29-13-2-3-14-29/h4-12,15-16H,2-3,13-14,17H2,1H3,(H,27,28). The smallest absolute Gasteiger partial charge is 0.337 e. The maximum atomic E-state index is 12.8. The van der Waals surface area contributed by atoms with Gasteiger partial charge in [0.2, 0.25) is 10.0 Å². The number of aromatic amines is 1. The zero-order valence-corrected chi connectivity index (χ0v) is 20.0. The Bertz CT molecular complexity index is 1470. The highest BCUT2D eigenvalue weighted by Gasteiger charge is 2.27. The van der Waals surface area contributed by atoms with Gasteiger partial charge in [-0.2, -0.15) is 4.31 Å². The third-order valence-corrected chi connectivity index (χ3v) is 8.02. The topological polar surface area (TPSA) is 102 Å². The number of sulfonamides is 1. The van der Waals surface area contributed by atoms with Crippen molar-refractivity contribution < 1.29 is 22.7 Å². The molecule has 0 radical (unpaired) electrons. The van der Waals surface area contributed by atoms with Gasteiger partial charge in [-0.25, -0.2) is 18.2 Å². The molecule has 35 heavy (non-hydrogen) atoms. The molecule has 3 heterocycles. The summed E-state index contributed by atoms with van der Waals surface area (Å²) < 4.78 is 37.8. The molecule has 180 valence electrons. The number of ether oxygens (including phenoxy) is 2. The Labute approximate surface area is 203 Å². The third kappa shape index (κ3) is 4.65. The molecule has 1 fully saturated rings. The zero-order valence-electron chi connectivity index (χ0n) is 19.2. The number of methoxy groups -OCH3 is 1. The van der Waals surface area contributed by atoms with Gasteiger partial charge in [-0.05, 0) is 66.4 Å². The normalized spacial score (nSPS) is 14.3. The summed E-state index contributed by atoms with van der Waals surface area (Å²) in [5.74, 6) is 0.128. The summed E-state index contributed by atoms with van der Waals surface area (Å²) in [6.45, 7) is 1.42. The summed E-state index contributed by atoms with van der Waals surface area (Å²) >= 11 is 0. The van der Waals surface area contributed by atoms with Crippen molar-refractivity contribution in [2.24, 2.45) is 0 Å². The molecule has 5 rings (SSSR count). The fraction of sp³-hybridized carbons (Fsp3) is 0.231. The van der Waals surface area contributed by atoms with E-state index in [-0.39, 0.29) is 6.61 Å². The van der Waals surface area contributed by atoms with Gasteiger partial charge in [0.05, 0.1) is 23.3 Å². The molecule has 1 aliphatic heterocycles. The second-order valence-electron chi connectivity index (χ2n) is 8.36. The van der Waals surface area contributed by atoms with Crippen LogP contribution in [0, 0.1) is 0 Å². The summed E-state index contributed by atoms with van der Waals surface area (Å²) in [6.07, 6.45) is 3.53. The van der Waals surface area contributed by atoms with Crippen molar-refractivity contribution in [1.82, 2.24) is 14.3 Å². The molecule has 0 saturated carbocycles. The van der Waals surface area contributed by atoms with E-state index in [1.807, 2.05) is 24.3 Å². The fourth-order valence-corrected chi connectivity index (χ4v) is 5.80. The lowest BCUT2D eigenvalue weighted by Crippen LogP contribution is -2.27. The lowest BCUT2D eigenvalue weighted by Gasteiger charge is -2.15. The second-order valence-corrected chi connectivity index (χ2v) is 10.3. The Morgan fingerprint density at radius 3 is 2.57 bits per heavy atom. The molecule has 0 unspecified atom stereocenters. The van der Waals surface area contributed by atoms with Gasteiger partial charge in [-0.1, -0.05) is 18.2 Å². The van der Waals surface area contributed by atoms with Crippen LogP contribution in [0.2, 0.25) is 0 Å². The average molecular weight is 492 g/mol. The summed E-state index contributed by atoms with van der Waals surface area (Å²) in [6, 6.07) is 17.7. The van der Waals surface area contributed by atoms with Crippen LogP contribution in [0.25, 0.3) is 22.2 Å². The molecular formula is C26H25N3O5S. The van der Waals surface area contributed by atoms with E-state index in [0.29, 0.717) is 34.9 Å². The highest BCUT2D eigenvalue weighted by Crippen LogP contribution is 2.30. The van der Waals surface area contributed by atoms with E-state index in [1.165, 1.54) is 7.11 Å². The van der Waals surface area contributed by atoms with Gasteiger partial charge >= 0.3 is 5.97 Å². The highest BCUT2D eigenvalue weighted by molar-refractivity contribution is 7.89. The third-order valence-electron chi connectivity index (χ3n) is 6.11.